The maximum atomic E-state index is 12.5. The van der Waals surface area contributed by atoms with Crippen molar-refractivity contribution in [2.24, 2.45) is 0 Å². The SMILES string of the molecule is O=C(Nc1ccc2c(c1)CC[C@@H](O)[C@@H]2O)c1cc2cc(Cl)ccc2[nH]1. The first-order valence-corrected chi connectivity index (χ1v) is 8.47. The number of aliphatic hydroxyl groups excluding tert-OH is 2. The fourth-order valence-electron chi connectivity index (χ4n) is 3.28. The summed E-state index contributed by atoms with van der Waals surface area (Å²) in [5.74, 6) is -0.247. The molecule has 0 saturated heterocycles. The summed E-state index contributed by atoms with van der Waals surface area (Å²) in [6.45, 7) is 0. The van der Waals surface area contributed by atoms with E-state index in [1.807, 2.05) is 12.1 Å². The number of aryl methyl sites for hydroxylation is 1. The highest BCUT2D eigenvalue weighted by Crippen LogP contribution is 2.32. The number of carbonyl (C=O) groups is 1. The molecule has 0 bridgehead atoms. The van der Waals surface area contributed by atoms with Crippen molar-refractivity contribution in [3.63, 3.8) is 0 Å². The fraction of sp³-hybridized carbons (Fsp3) is 0.211. The average molecular weight is 357 g/mol. The van der Waals surface area contributed by atoms with Gasteiger partial charge in [-0.05, 0) is 60.4 Å². The Balaban J connectivity index is 1.58. The quantitative estimate of drug-likeness (QED) is 0.567. The lowest BCUT2D eigenvalue weighted by molar-refractivity contribution is 0.00651. The maximum Gasteiger partial charge on any atom is 0.272 e. The lowest BCUT2D eigenvalue weighted by atomic mass is 9.87. The molecule has 1 aromatic heterocycles. The number of rotatable bonds is 2. The van der Waals surface area contributed by atoms with E-state index in [4.69, 9.17) is 11.6 Å². The van der Waals surface area contributed by atoms with Crippen molar-refractivity contribution in [2.45, 2.75) is 25.0 Å². The summed E-state index contributed by atoms with van der Waals surface area (Å²) in [4.78, 5) is 15.6. The Bertz CT molecular complexity index is 966. The summed E-state index contributed by atoms with van der Waals surface area (Å²) in [5.41, 5.74) is 3.61. The number of benzene rings is 2. The van der Waals surface area contributed by atoms with Gasteiger partial charge in [0, 0.05) is 21.6 Å². The van der Waals surface area contributed by atoms with Crippen molar-refractivity contribution in [2.75, 3.05) is 5.32 Å². The number of nitrogens with one attached hydrogen (secondary N) is 2. The number of aliphatic hydroxyl groups is 2. The van der Waals surface area contributed by atoms with E-state index in [9.17, 15) is 15.0 Å². The highest BCUT2D eigenvalue weighted by atomic mass is 35.5. The van der Waals surface area contributed by atoms with E-state index in [1.165, 1.54) is 0 Å². The number of hydrogen-bond acceptors (Lipinski definition) is 3. The zero-order valence-electron chi connectivity index (χ0n) is 13.3. The van der Waals surface area contributed by atoms with Crippen LogP contribution in [0.1, 0.15) is 34.1 Å². The maximum absolute atomic E-state index is 12.5. The molecule has 25 heavy (non-hydrogen) atoms. The van der Waals surface area contributed by atoms with Gasteiger partial charge in [0.2, 0.25) is 0 Å². The minimum Gasteiger partial charge on any atom is -0.390 e. The van der Waals surface area contributed by atoms with Crippen molar-refractivity contribution in [1.82, 2.24) is 4.98 Å². The van der Waals surface area contributed by atoms with Crippen LogP contribution < -0.4 is 5.32 Å². The van der Waals surface area contributed by atoms with E-state index in [0.717, 1.165) is 22.0 Å². The molecule has 3 aromatic rings. The normalized spacial score (nSPS) is 19.6. The average Bonchev–Trinajstić information content (AvgIpc) is 3.01. The van der Waals surface area contributed by atoms with Gasteiger partial charge in [0.15, 0.2) is 0 Å². The van der Waals surface area contributed by atoms with Crippen molar-refractivity contribution < 1.29 is 15.0 Å². The lowest BCUT2D eigenvalue weighted by Gasteiger charge is -2.26. The molecule has 2 atom stereocenters. The zero-order valence-corrected chi connectivity index (χ0v) is 14.0. The third-order valence-corrected chi connectivity index (χ3v) is 4.86. The minimum absolute atomic E-state index is 0.247. The van der Waals surface area contributed by atoms with Crippen LogP contribution in [-0.2, 0) is 6.42 Å². The molecule has 0 aliphatic heterocycles. The third-order valence-electron chi connectivity index (χ3n) is 4.62. The highest BCUT2D eigenvalue weighted by Gasteiger charge is 2.26. The summed E-state index contributed by atoms with van der Waals surface area (Å²) < 4.78 is 0. The Morgan fingerprint density at radius 3 is 2.84 bits per heavy atom. The van der Waals surface area contributed by atoms with Gasteiger partial charge in [0.05, 0.1) is 6.10 Å². The number of fused-ring (bicyclic) bond motifs is 2. The molecule has 4 rings (SSSR count). The fourth-order valence-corrected chi connectivity index (χ4v) is 3.46. The van der Waals surface area contributed by atoms with Crippen LogP contribution in [0.4, 0.5) is 5.69 Å². The zero-order chi connectivity index (χ0) is 17.6. The van der Waals surface area contributed by atoms with Gasteiger partial charge in [-0.25, -0.2) is 0 Å². The standard InChI is InChI=1S/C19H17ClN2O3/c20-12-2-5-15-11(7-12)9-16(22-15)19(25)21-13-3-4-14-10(8-13)1-6-17(23)18(14)24/h2-5,7-9,17-18,22-24H,1,6H2,(H,21,25)/t17-,18-/m1/s1. The molecule has 0 fully saturated rings. The molecule has 2 aromatic carbocycles. The molecule has 5 nitrogen and oxygen atoms in total. The van der Waals surface area contributed by atoms with Crippen LogP contribution in [0.5, 0.6) is 0 Å². The molecule has 6 heteroatoms. The Labute approximate surface area is 149 Å². The van der Waals surface area contributed by atoms with Gasteiger partial charge < -0.3 is 20.5 Å². The van der Waals surface area contributed by atoms with Crippen molar-refractivity contribution >= 4 is 34.1 Å². The summed E-state index contributed by atoms with van der Waals surface area (Å²) in [5, 5.41) is 24.1. The molecule has 1 aliphatic rings. The van der Waals surface area contributed by atoms with Crippen LogP contribution in [-0.4, -0.2) is 27.2 Å². The second-order valence-electron chi connectivity index (χ2n) is 6.33. The van der Waals surface area contributed by atoms with Crippen LogP contribution in [0.2, 0.25) is 5.02 Å². The summed E-state index contributed by atoms with van der Waals surface area (Å²) in [6.07, 6.45) is -0.422. The highest BCUT2D eigenvalue weighted by molar-refractivity contribution is 6.31. The van der Waals surface area contributed by atoms with Crippen LogP contribution in [0.25, 0.3) is 10.9 Å². The van der Waals surface area contributed by atoms with Gasteiger partial charge in [0.25, 0.3) is 5.91 Å². The number of H-pyrrole nitrogens is 1. The van der Waals surface area contributed by atoms with Crippen LogP contribution >= 0.6 is 11.6 Å². The van der Waals surface area contributed by atoms with E-state index in [2.05, 4.69) is 10.3 Å². The largest absolute Gasteiger partial charge is 0.390 e. The van der Waals surface area contributed by atoms with Gasteiger partial charge in [-0.15, -0.1) is 0 Å². The molecule has 0 unspecified atom stereocenters. The first-order valence-electron chi connectivity index (χ1n) is 8.10. The van der Waals surface area contributed by atoms with Gasteiger partial charge >= 0.3 is 0 Å². The predicted molar refractivity (Wildman–Crippen MR) is 97.0 cm³/mol. The van der Waals surface area contributed by atoms with E-state index in [0.29, 0.717) is 29.2 Å². The van der Waals surface area contributed by atoms with Crippen LogP contribution in [0.15, 0.2) is 42.5 Å². The number of amides is 1. The Kier molecular flexibility index (Phi) is 4.00. The number of carbonyl (C=O) groups excluding carboxylic acids is 1. The van der Waals surface area contributed by atoms with E-state index in [1.54, 1.807) is 30.3 Å². The Hall–Kier alpha value is -2.34. The smallest absolute Gasteiger partial charge is 0.272 e. The number of halogens is 1. The number of hydrogen-bond donors (Lipinski definition) is 4. The van der Waals surface area contributed by atoms with E-state index >= 15 is 0 Å². The van der Waals surface area contributed by atoms with E-state index < -0.39 is 12.2 Å². The van der Waals surface area contributed by atoms with Gasteiger partial charge in [0.1, 0.15) is 11.8 Å². The molecule has 1 aliphatic carbocycles. The Morgan fingerprint density at radius 2 is 2.00 bits per heavy atom. The van der Waals surface area contributed by atoms with Crippen molar-refractivity contribution in [1.29, 1.82) is 0 Å². The monoisotopic (exact) mass is 356 g/mol. The van der Waals surface area contributed by atoms with Gasteiger partial charge in [-0.3, -0.25) is 4.79 Å². The molecule has 0 saturated carbocycles. The van der Waals surface area contributed by atoms with E-state index in [-0.39, 0.29) is 5.91 Å². The molecule has 128 valence electrons. The molecule has 4 N–H and O–H groups in total. The first-order chi connectivity index (χ1) is 12.0. The molecular formula is C19H17ClN2O3. The molecule has 1 amide bonds. The number of anilines is 1. The third kappa shape index (κ3) is 3.02. The first kappa shape index (κ1) is 16.1. The second kappa shape index (κ2) is 6.19. The summed E-state index contributed by atoms with van der Waals surface area (Å²) in [7, 11) is 0. The number of aromatic amines is 1. The topological polar surface area (TPSA) is 85.3 Å². The summed E-state index contributed by atoms with van der Waals surface area (Å²) >= 11 is 5.97. The van der Waals surface area contributed by atoms with Crippen molar-refractivity contribution in [3.8, 4) is 0 Å². The predicted octanol–water partition coefficient (Wildman–Crippen LogP) is 3.41. The molecule has 0 radical (unpaired) electrons. The molecule has 0 spiro atoms. The summed E-state index contributed by atoms with van der Waals surface area (Å²) in [6, 6.07) is 12.5. The molecular weight excluding hydrogens is 340 g/mol. The Morgan fingerprint density at radius 1 is 1.16 bits per heavy atom. The van der Waals surface area contributed by atoms with Gasteiger partial charge in [-0.1, -0.05) is 17.7 Å². The van der Waals surface area contributed by atoms with Crippen molar-refractivity contribution in [3.05, 3.63) is 64.3 Å². The molecule has 1 heterocycles. The van der Waals surface area contributed by atoms with Crippen LogP contribution in [0.3, 0.4) is 0 Å². The second-order valence-corrected chi connectivity index (χ2v) is 6.77. The van der Waals surface area contributed by atoms with Gasteiger partial charge in [-0.2, -0.15) is 0 Å². The minimum atomic E-state index is -0.869. The number of aromatic nitrogens is 1. The van der Waals surface area contributed by atoms with Crippen LogP contribution in [0, 0.1) is 0 Å². The lowest BCUT2D eigenvalue weighted by Crippen LogP contribution is -2.25.